The maximum absolute atomic E-state index is 9.92. The summed E-state index contributed by atoms with van der Waals surface area (Å²) in [5.74, 6) is 0.247. The molecule has 0 unspecified atom stereocenters. The zero-order valence-corrected chi connectivity index (χ0v) is 16.6. The fraction of sp³-hybridized carbons (Fsp3) is 0.227. The van der Waals surface area contributed by atoms with Gasteiger partial charge in [-0.15, -0.1) is 0 Å². The summed E-state index contributed by atoms with van der Waals surface area (Å²) in [5, 5.41) is 19.2. The SMILES string of the molecule is Oc1ccc(Br)cc1/C=N\N1CCN(Cc2cccc3ccccc23)CC1. The van der Waals surface area contributed by atoms with E-state index in [1.165, 1.54) is 16.3 Å². The van der Waals surface area contributed by atoms with Crippen LogP contribution in [-0.4, -0.2) is 47.4 Å². The third-order valence-electron chi connectivity index (χ3n) is 4.97. The Morgan fingerprint density at radius 1 is 0.963 bits per heavy atom. The van der Waals surface area contributed by atoms with Gasteiger partial charge in [0.25, 0.3) is 0 Å². The van der Waals surface area contributed by atoms with Gasteiger partial charge in [-0.3, -0.25) is 9.91 Å². The molecule has 1 heterocycles. The number of aromatic hydroxyl groups is 1. The van der Waals surface area contributed by atoms with E-state index >= 15 is 0 Å². The Bertz CT molecular complexity index is 959. The molecule has 0 bridgehead atoms. The molecule has 0 spiro atoms. The second-order valence-corrected chi connectivity index (χ2v) is 7.73. The van der Waals surface area contributed by atoms with E-state index in [2.05, 4.69) is 73.4 Å². The van der Waals surface area contributed by atoms with Crippen LogP contribution in [-0.2, 0) is 6.54 Å². The minimum absolute atomic E-state index is 0.247. The zero-order valence-electron chi connectivity index (χ0n) is 15.1. The Balaban J connectivity index is 1.37. The highest BCUT2D eigenvalue weighted by atomic mass is 79.9. The summed E-state index contributed by atoms with van der Waals surface area (Å²) in [6.45, 7) is 4.69. The van der Waals surface area contributed by atoms with Crippen molar-refractivity contribution in [1.29, 1.82) is 0 Å². The van der Waals surface area contributed by atoms with Gasteiger partial charge in [0.1, 0.15) is 5.75 Å². The lowest BCUT2D eigenvalue weighted by Gasteiger charge is -2.33. The van der Waals surface area contributed by atoms with Crippen LogP contribution in [0.1, 0.15) is 11.1 Å². The van der Waals surface area contributed by atoms with Crippen molar-refractivity contribution in [3.63, 3.8) is 0 Å². The molecule has 4 nitrogen and oxygen atoms in total. The topological polar surface area (TPSA) is 39.1 Å². The van der Waals surface area contributed by atoms with Crippen LogP contribution in [0.25, 0.3) is 10.8 Å². The molecule has 0 radical (unpaired) electrons. The Morgan fingerprint density at radius 3 is 2.59 bits per heavy atom. The van der Waals surface area contributed by atoms with Gasteiger partial charge in [0.15, 0.2) is 0 Å². The van der Waals surface area contributed by atoms with E-state index < -0.39 is 0 Å². The summed E-state index contributed by atoms with van der Waals surface area (Å²) in [7, 11) is 0. The van der Waals surface area contributed by atoms with E-state index in [0.717, 1.165) is 42.8 Å². The first-order chi connectivity index (χ1) is 13.2. The van der Waals surface area contributed by atoms with E-state index in [1.807, 2.05) is 12.1 Å². The van der Waals surface area contributed by atoms with Crippen LogP contribution in [0.5, 0.6) is 5.75 Å². The van der Waals surface area contributed by atoms with Crippen molar-refractivity contribution < 1.29 is 5.11 Å². The maximum atomic E-state index is 9.92. The Kier molecular flexibility index (Phi) is 5.41. The highest BCUT2D eigenvalue weighted by Gasteiger charge is 2.16. The summed E-state index contributed by atoms with van der Waals surface area (Å²) in [6, 6.07) is 20.5. The molecule has 3 aromatic carbocycles. The van der Waals surface area contributed by atoms with Crippen LogP contribution in [0.2, 0.25) is 0 Å². The lowest BCUT2D eigenvalue weighted by molar-refractivity contribution is 0.131. The van der Waals surface area contributed by atoms with Crippen LogP contribution in [0.15, 0.2) is 70.2 Å². The zero-order chi connectivity index (χ0) is 18.6. The number of phenolic OH excluding ortho intramolecular Hbond substituents is 1. The fourth-order valence-corrected chi connectivity index (χ4v) is 3.83. The number of benzene rings is 3. The van der Waals surface area contributed by atoms with Gasteiger partial charge < -0.3 is 5.11 Å². The van der Waals surface area contributed by atoms with Crippen LogP contribution in [0.3, 0.4) is 0 Å². The largest absolute Gasteiger partial charge is 0.507 e. The van der Waals surface area contributed by atoms with Crippen molar-refractivity contribution in [2.24, 2.45) is 5.10 Å². The van der Waals surface area contributed by atoms with E-state index in [4.69, 9.17) is 0 Å². The van der Waals surface area contributed by atoms with Crippen molar-refractivity contribution in [2.75, 3.05) is 26.2 Å². The monoisotopic (exact) mass is 423 g/mol. The lowest BCUT2D eigenvalue weighted by atomic mass is 10.0. The molecule has 0 saturated carbocycles. The summed E-state index contributed by atoms with van der Waals surface area (Å²) >= 11 is 3.43. The molecule has 3 aromatic rings. The van der Waals surface area contributed by atoms with Gasteiger partial charge in [0.2, 0.25) is 0 Å². The van der Waals surface area contributed by atoms with Crippen LogP contribution < -0.4 is 0 Å². The molecular formula is C22H22BrN3O. The van der Waals surface area contributed by atoms with Crippen LogP contribution in [0.4, 0.5) is 0 Å². The predicted molar refractivity (Wildman–Crippen MR) is 114 cm³/mol. The van der Waals surface area contributed by atoms with Crippen molar-refractivity contribution >= 4 is 32.9 Å². The van der Waals surface area contributed by atoms with Gasteiger partial charge in [-0.05, 0) is 34.5 Å². The van der Waals surface area contributed by atoms with Gasteiger partial charge in [0.05, 0.1) is 6.21 Å². The molecule has 5 heteroatoms. The molecule has 1 saturated heterocycles. The smallest absolute Gasteiger partial charge is 0.124 e. The molecular weight excluding hydrogens is 402 g/mol. The first kappa shape index (κ1) is 18.0. The molecule has 4 rings (SSSR count). The first-order valence-electron chi connectivity index (χ1n) is 9.15. The molecule has 0 amide bonds. The number of hydrogen-bond donors (Lipinski definition) is 1. The molecule has 27 heavy (non-hydrogen) atoms. The number of fused-ring (bicyclic) bond motifs is 1. The molecule has 1 aliphatic heterocycles. The molecule has 0 aromatic heterocycles. The number of halogens is 1. The normalized spacial score (nSPS) is 15.7. The number of phenols is 1. The van der Waals surface area contributed by atoms with Gasteiger partial charge in [-0.2, -0.15) is 5.10 Å². The number of hydrazone groups is 1. The maximum Gasteiger partial charge on any atom is 0.124 e. The minimum Gasteiger partial charge on any atom is -0.507 e. The van der Waals surface area contributed by atoms with Crippen LogP contribution >= 0.6 is 15.9 Å². The molecule has 138 valence electrons. The minimum atomic E-state index is 0.247. The molecule has 1 aliphatic rings. The van der Waals surface area contributed by atoms with Gasteiger partial charge in [0, 0.05) is 42.8 Å². The predicted octanol–water partition coefficient (Wildman–Crippen LogP) is 4.46. The fourth-order valence-electron chi connectivity index (χ4n) is 3.45. The van der Waals surface area contributed by atoms with Gasteiger partial charge in [-0.1, -0.05) is 58.4 Å². The van der Waals surface area contributed by atoms with Crippen molar-refractivity contribution in [3.8, 4) is 5.75 Å². The third-order valence-corrected chi connectivity index (χ3v) is 5.47. The summed E-state index contributed by atoms with van der Waals surface area (Å²) < 4.78 is 0.932. The third kappa shape index (κ3) is 4.31. The van der Waals surface area contributed by atoms with Crippen molar-refractivity contribution in [3.05, 3.63) is 76.3 Å². The Labute approximate surface area is 167 Å². The summed E-state index contributed by atoms with van der Waals surface area (Å²) in [4.78, 5) is 2.48. The summed E-state index contributed by atoms with van der Waals surface area (Å²) in [6.07, 6.45) is 1.74. The Morgan fingerprint density at radius 2 is 1.74 bits per heavy atom. The Hall–Kier alpha value is -2.37. The molecule has 1 N–H and O–H groups in total. The van der Waals surface area contributed by atoms with E-state index in [-0.39, 0.29) is 5.75 Å². The number of nitrogens with zero attached hydrogens (tertiary/aromatic N) is 3. The van der Waals surface area contributed by atoms with E-state index in [1.54, 1.807) is 12.3 Å². The number of rotatable bonds is 4. The van der Waals surface area contributed by atoms with E-state index in [0.29, 0.717) is 0 Å². The highest BCUT2D eigenvalue weighted by Crippen LogP contribution is 2.22. The quantitative estimate of drug-likeness (QED) is 0.629. The van der Waals surface area contributed by atoms with Crippen LogP contribution in [0, 0.1) is 0 Å². The number of piperazine rings is 1. The average Bonchev–Trinajstić information content (AvgIpc) is 2.70. The lowest BCUT2D eigenvalue weighted by Crippen LogP contribution is -2.43. The standard InChI is InChI=1S/C22H22BrN3O/c23-20-8-9-22(27)19(14-20)15-24-26-12-10-25(11-13-26)16-18-6-3-5-17-4-1-2-7-21(17)18/h1-9,14-15,27H,10-13,16H2/b24-15-. The average molecular weight is 424 g/mol. The number of hydrogen-bond acceptors (Lipinski definition) is 4. The first-order valence-corrected chi connectivity index (χ1v) is 9.95. The highest BCUT2D eigenvalue weighted by molar-refractivity contribution is 9.10. The second-order valence-electron chi connectivity index (χ2n) is 6.82. The van der Waals surface area contributed by atoms with Crippen molar-refractivity contribution in [1.82, 2.24) is 9.91 Å². The van der Waals surface area contributed by atoms with E-state index in [9.17, 15) is 5.11 Å². The van der Waals surface area contributed by atoms with Gasteiger partial charge in [-0.25, -0.2) is 0 Å². The summed E-state index contributed by atoms with van der Waals surface area (Å²) in [5.41, 5.74) is 2.10. The second kappa shape index (κ2) is 8.11. The van der Waals surface area contributed by atoms with Gasteiger partial charge >= 0.3 is 0 Å². The molecule has 0 atom stereocenters. The van der Waals surface area contributed by atoms with Crippen molar-refractivity contribution in [2.45, 2.75) is 6.54 Å². The molecule has 1 fully saturated rings. The molecule has 0 aliphatic carbocycles.